The molecule has 4 rings (SSSR count). The Bertz CT molecular complexity index is 802. The molecule has 2 aromatic carbocycles. The molecule has 0 aromatic heterocycles. The molecule has 148 valence electrons. The van der Waals surface area contributed by atoms with Gasteiger partial charge in [0.1, 0.15) is 0 Å². The Balaban J connectivity index is 1.32. The van der Waals surface area contributed by atoms with Crippen LogP contribution in [0.2, 0.25) is 0 Å². The van der Waals surface area contributed by atoms with Crippen molar-refractivity contribution < 1.29 is 4.79 Å². The van der Waals surface area contributed by atoms with Gasteiger partial charge >= 0.3 is 0 Å². The van der Waals surface area contributed by atoms with Gasteiger partial charge in [0.05, 0.1) is 6.17 Å². The summed E-state index contributed by atoms with van der Waals surface area (Å²) in [5.41, 5.74) is 9.99. The van der Waals surface area contributed by atoms with Gasteiger partial charge in [-0.3, -0.25) is 9.69 Å². The van der Waals surface area contributed by atoms with Gasteiger partial charge in [0.2, 0.25) is 0 Å². The molecule has 0 bridgehead atoms. The molecule has 6 heteroatoms. The van der Waals surface area contributed by atoms with Crippen LogP contribution in [0.5, 0.6) is 0 Å². The fourth-order valence-corrected chi connectivity index (χ4v) is 4.02. The van der Waals surface area contributed by atoms with E-state index >= 15 is 0 Å². The molecule has 2 N–H and O–H groups in total. The molecule has 28 heavy (non-hydrogen) atoms. The lowest BCUT2D eigenvalue weighted by atomic mass is 10.0. The van der Waals surface area contributed by atoms with Crippen LogP contribution in [0.3, 0.4) is 0 Å². The minimum atomic E-state index is 0.128. The van der Waals surface area contributed by atoms with E-state index in [1.165, 1.54) is 5.56 Å². The number of hydrogen-bond acceptors (Lipinski definition) is 5. The zero-order valence-electron chi connectivity index (χ0n) is 16.6. The summed E-state index contributed by atoms with van der Waals surface area (Å²) in [5, 5.41) is 0. The molecule has 2 aliphatic rings. The van der Waals surface area contributed by atoms with Gasteiger partial charge in [-0.2, -0.15) is 0 Å². The van der Waals surface area contributed by atoms with E-state index in [-0.39, 0.29) is 5.91 Å². The van der Waals surface area contributed by atoms with Crippen molar-refractivity contribution in [1.29, 1.82) is 0 Å². The number of carbonyl (C=O) groups excluding carboxylic acids is 1. The molecule has 0 aliphatic carbocycles. The van der Waals surface area contributed by atoms with Crippen LogP contribution in [-0.2, 0) is 0 Å². The first-order valence-electron chi connectivity index (χ1n) is 9.98. The molecule has 2 heterocycles. The van der Waals surface area contributed by atoms with Crippen molar-refractivity contribution in [2.45, 2.75) is 18.6 Å². The molecular weight excluding hydrogens is 350 g/mol. The number of nitrogens with one attached hydrogen (secondary N) is 2. The van der Waals surface area contributed by atoms with Gasteiger partial charge in [0, 0.05) is 57.6 Å². The van der Waals surface area contributed by atoms with E-state index in [4.69, 9.17) is 0 Å². The summed E-state index contributed by atoms with van der Waals surface area (Å²) in [7, 11) is 3.99. The monoisotopic (exact) mass is 379 g/mol. The van der Waals surface area contributed by atoms with Crippen molar-refractivity contribution in [2.75, 3.05) is 45.2 Å². The van der Waals surface area contributed by atoms with E-state index in [9.17, 15) is 4.79 Å². The number of benzene rings is 2. The quantitative estimate of drug-likeness (QED) is 0.852. The normalized spacial score (nSPS) is 23.0. The Morgan fingerprint density at radius 1 is 0.964 bits per heavy atom. The van der Waals surface area contributed by atoms with Crippen LogP contribution in [0.15, 0.2) is 54.6 Å². The Kier molecular flexibility index (Phi) is 5.62. The largest absolute Gasteiger partial charge is 0.378 e. The average Bonchev–Trinajstić information content (AvgIpc) is 3.24. The summed E-state index contributed by atoms with van der Waals surface area (Å²) in [6.07, 6.45) is 1.34. The van der Waals surface area contributed by atoms with Crippen molar-refractivity contribution in [3.8, 4) is 0 Å². The molecule has 2 saturated heterocycles. The molecule has 2 atom stereocenters. The van der Waals surface area contributed by atoms with Gasteiger partial charge < -0.3 is 9.80 Å². The second kappa shape index (κ2) is 8.31. The van der Waals surface area contributed by atoms with Crippen LogP contribution >= 0.6 is 0 Å². The number of rotatable bonds is 4. The first-order valence-corrected chi connectivity index (χ1v) is 9.98. The van der Waals surface area contributed by atoms with Crippen LogP contribution < -0.4 is 15.8 Å². The summed E-state index contributed by atoms with van der Waals surface area (Å²) >= 11 is 0. The van der Waals surface area contributed by atoms with Gasteiger partial charge in [0.25, 0.3) is 5.91 Å². The van der Waals surface area contributed by atoms with E-state index in [2.05, 4.69) is 40.0 Å². The third kappa shape index (κ3) is 4.04. The zero-order chi connectivity index (χ0) is 19.5. The standard InChI is InChI=1S/C22H29N5O/c1-25(2)19-10-6-9-18(15-19)22(28)27-13-11-26(12-14-27)21-16-20(23-24-21)17-7-4-3-5-8-17/h3-10,15,20-21,23-24H,11-14,16H2,1-2H3. The third-order valence-corrected chi connectivity index (χ3v) is 5.74. The Labute approximate surface area is 167 Å². The van der Waals surface area contributed by atoms with Crippen LogP contribution in [0.1, 0.15) is 28.4 Å². The van der Waals surface area contributed by atoms with Gasteiger partial charge in [-0.05, 0) is 30.2 Å². The number of hydrogen-bond donors (Lipinski definition) is 2. The zero-order valence-corrected chi connectivity index (χ0v) is 16.6. The van der Waals surface area contributed by atoms with E-state index in [1.54, 1.807) is 0 Å². The molecule has 2 unspecified atom stereocenters. The maximum Gasteiger partial charge on any atom is 0.254 e. The number of piperazine rings is 1. The second-order valence-electron chi connectivity index (χ2n) is 7.78. The fraction of sp³-hybridized carbons (Fsp3) is 0.409. The summed E-state index contributed by atoms with van der Waals surface area (Å²) in [5.74, 6) is 0.128. The lowest BCUT2D eigenvalue weighted by molar-refractivity contribution is 0.0545. The number of amides is 1. The van der Waals surface area contributed by atoms with Crippen molar-refractivity contribution in [2.24, 2.45) is 0 Å². The number of nitrogens with zero attached hydrogens (tertiary/aromatic N) is 3. The minimum Gasteiger partial charge on any atom is -0.378 e. The van der Waals surface area contributed by atoms with Crippen molar-refractivity contribution in [1.82, 2.24) is 20.7 Å². The molecule has 2 aromatic rings. The van der Waals surface area contributed by atoms with E-state index in [0.717, 1.165) is 43.9 Å². The topological polar surface area (TPSA) is 50.9 Å². The lowest BCUT2D eigenvalue weighted by Crippen LogP contribution is -2.55. The SMILES string of the molecule is CN(C)c1cccc(C(=O)N2CCN(C3CC(c4ccccc4)NN3)CC2)c1. The highest BCUT2D eigenvalue weighted by Crippen LogP contribution is 2.24. The Morgan fingerprint density at radius 3 is 2.43 bits per heavy atom. The van der Waals surface area contributed by atoms with Gasteiger partial charge in [-0.25, -0.2) is 10.9 Å². The molecule has 0 saturated carbocycles. The molecular formula is C22H29N5O. The Morgan fingerprint density at radius 2 is 1.71 bits per heavy atom. The first-order chi connectivity index (χ1) is 13.6. The maximum atomic E-state index is 12.9. The maximum absolute atomic E-state index is 12.9. The fourth-order valence-electron chi connectivity index (χ4n) is 4.02. The van der Waals surface area contributed by atoms with Crippen LogP contribution in [0.25, 0.3) is 0 Å². The highest BCUT2D eigenvalue weighted by atomic mass is 16.2. The molecule has 1 amide bonds. The second-order valence-corrected chi connectivity index (χ2v) is 7.78. The van der Waals surface area contributed by atoms with Crippen LogP contribution in [0.4, 0.5) is 5.69 Å². The lowest BCUT2D eigenvalue weighted by Gasteiger charge is -2.37. The smallest absolute Gasteiger partial charge is 0.254 e. The van der Waals surface area contributed by atoms with Crippen molar-refractivity contribution >= 4 is 11.6 Å². The number of anilines is 1. The van der Waals surface area contributed by atoms with Gasteiger partial charge in [-0.15, -0.1) is 0 Å². The van der Waals surface area contributed by atoms with Crippen molar-refractivity contribution in [3.05, 3.63) is 65.7 Å². The summed E-state index contributed by atoms with van der Waals surface area (Å²) in [6.45, 7) is 3.30. The average molecular weight is 380 g/mol. The van der Waals surface area contributed by atoms with Crippen LogP contribution in [-0.4, -0.2) is 62.1 Å². The molecule has 2 aliphatic heterocycles. The predicted molar refractivity (Wildman–Crippen MR) is 112 cm³/mol. The molecule has 0 spiro atoms. The predicted octanol–water partition coefficient (Wildman–Crippen LogP) is 2.08. The first kappa shape index (κ1) is 18.9. The van der Waals surface area contributed by atoms with Crippen molar-refractivity contribution in [3.63, 3.8) is 0 Å². The summed E-state index contributed by atoms with van der Waals surface area (Å²) in [4.78, 5) is 19.3. The van der Waals surface area contributed by atoms with Gasteiger partial charge in [-0.1, -0.05) is 36.4 Å². The highest BCUT2D eigenvalue weighted by Gasteiger charge is 2.32. The number of hydrazine groups is 1. The third-order valence-electron chi connectivity index (χ3n) is 5.74. The van der Waals surface area contributed by atoms with Gasteiger partial charge in [0.15, 0.2) is 0 Å². The molecule has 0 radical (unpaired) electrons. The van der Waals surface area contributed by atoms with E-state index in [1.807, 2.05) is 54.2 Å². The molecule has 6 nitrogen and oxygen atoms in total. The van der Waals surface area contributed by atoms with E-state index in [0.29, 0.717) is 12.2 Å². The molecule has 2 fully saturated rings. The van der Waals surface area contributed by atoms with Crippen LogP contribution in [0, 0.1) is 0 Å². The Hall–Kier alpha value is -2.41. The summed E-state index contributed by atoms with van der Waals surface area (Å²) < 4.78 is 0. The van der Waals surface area contributed by atoms with E-state index < -0.39 is 0 Å². The number of carbonyl (C=O) groups is 1. The highest BCUT2D eigenvalue weighted by molar-refractivity contribution is 5.95. The minimum absolute atomic E-state index is 0.128. The summed E-state index contributed by atoms with van der Waals surface area (Å²) in [6, 6.07) is 18.7.